The predicted molar refractivity (Wildman–Crippen MR) is 107 cm³/mol. The molecule has 2 atom stereocenters. The number of aryl methyl sites for hydroxylation is 1. The number of hydrogen-bond donors (Lipinski definition) is 3. The lowest BCUT2D eigenvalue weighted by molar-refractivity contribution is -0.159. The van der Waals surface area contributed by atoms with E-state index in [2.05, 4.69) is 22.4 Å². The number of aromatic amines is 1. The number of para-hydroxylation sites is 1. The lowest BCUT2D eigenvalue weighted by atomic mass is 9.78. The van der Waals surface area contributed by atoms with E-state index in [9.17, 15) is 9.90 Å². The molecule has 0 radical (unpaired) electrons. The molecule has 148 valence electrons. The van der Waals surface area contributed by atoms with E-state index in [0.717, 1.165) is 17.5 Å². The first kappa shape index (κ1) is 17.6. The summed E-state index contributed by atoms with van der Waals surface area (Å²) in [5, 5.41) is 21.1. The van der Waals surface area contributed by atoms with Crippen LogP contribution in [0.2, 0.25) is 0 Å². The lowest BCUT2D eigenvalue weighted by Gasteiger charge is -2.43. The first-order valence-electron chi connectivity index (χ1n) is 9.61. The van der Waals surface area contributed by atoms with Crippen LogP contribution in [0.1, 0.15) is 36.1 Å². The summed E-state index contributed by atoms with van der Waals surface area (Å²) in [6.07, 6.45) is 1.19. The molecule has 0 amide bonds. The molecule has 29 heavy (non-hydrogen) atoms. The molecule has 0 spiro atoms. The Bertz CT molecular complexity index is 1110. The molecule has 0 saturated carbocycles. The number of carboxylic acids is 1. The first-order chi connectivity index (χ1) is 14.1. The van der Waals surface area contributed by atoms with Gasteiger partial charge in [-0.3, -0.25) is 5.10 Å². The van der Waals surface area contributed by atoms with Crippen molar-refractivity contribution in [2.45, 2.75) is 31.4 Å². The van der Waals surface area contributed by atoms with Gasteiger partial charge in [0, 0.05) is 17.5 Å². The molecule has 0 aliphatic carbocycles. The maximum absolute atomic E-state index is 12.6. The zero-order valence-electron chi connectivity index (χ0n) is 16.2. The maximum atomic E-state index is 12.6. The zero-order chi connectivity index (χ0) is 20.2. The number of aliphatic carboxylic acids is 1. The Hall–Kier alpha value is -3.48. The Morgan fingerprint density at radius 1 is 1.31 bits per heavy atom. The van der Waals surface area contributed by atoms with Crippen molar-refractivity contribution in [2.75, 3.05) is 12.4 Å². The standard InChI is InChI=1S/C22H21N3O4/c1-3-12-7-9-13(10-8-12)18-17-20(25-24-18)23-15-11-22(17,21(26)27)29-19-14(15)5-4-6-16(19)28-2/h4-10,15H,3,11H2,1-2H3,(H,26,27)(H2,23,24,25)/t15-,22-/m1/s1. The van der Waals surface area contributed by atoms with Gasteiger partial charge in [-0.1, -0.05) is 43.3 Å². The van der Waals surface area contributed by atoms with Crippen molar-refractivity contribution in [2.24, 2.45) is 0 Å². The molecule has 2 bridgehead atoms. The van der Waals surface area contributed by atoms with Gasteiger partial charge in [0.1, 0.15) is 0 Å². The monoisotopic (exact) mass is 391 g/mol. The molecule has 2 aliphatic rings. The van der Waals surface area contributed by atoms with Gasteiger partial charge in [-0.2, -0.15) is 5.10 Å². The topological polar surface area (TPSA) is 96.5 Å². The Labute approximate surface area is 167 Å². The van der Waals surface area contributed by atoms with Crippen molar-refractivity contribution in [3.05, 3.63) is 59.2 Å². The summed E-state index contributed by atoms with van der Waals surface area (Å²) in [5.74, 6) is 0.432. The smallest absolute Gasteiger partial charge is 0.353 e. The van der Waals surface area contributed by atoms with E-state index in [1.807, 2.05) is 36.4 Å². The van der Waals surface area contributed by atoms with Gasteiger partial charge in [0.2, 0.25) is 5.60 Å². The molecular formula is C22H21N3O4. The molecule has 7 nitrogen and oxygen atoms in total. The third-order valence-corrected chi connectivity index (χ3v) is 5.85. The Balaban J connectivity index is 1.70. The summed E-state index contributed by atoms with van der Waals surface area (Å²) in [6.45, 7) is 2.09. The SMILES string of the molecule is CCc1ccc(-c2[nH]nc3c2[C@@]2(C(=O)O)C[C@@H](N3)c3cccc(OC)c3O2)cc1. The van der Waals surface area contributed by atoms with Crippen molar-refractivity contribution in [3.63, 3.8) is 0 Å². The largest absolute Gasteiger partial charge is 0.493 e. The lowest BCUT2D eigenvalue weighted by Crippen LogP contribution is -2.50. The van der Waals surface area contributed by atoms with Crippen LogP contribution in [0.3, 0.4) is 0 Å². The summed E-state index contributed by atoms with van der Waals surface area (Å²) in [4.78, 5) is 12.6. The molecule has 0 saturated heterocycles. The van der Waals surface area contributed by atoms with Crippen LogP contribution < -0.4 is 14.8 Å². The van der Waals surface area contributed by atoms with Crippen molar-refractivity contribution in [3.8, 4) is 22.8 Å². The van der Waals surface area contributed by atoms with Gasteiger partial charge in [0.15, 0.2) is 17.3 Å². The van der Waals surface area contributed by atoms with E-state index < -0.39 is 11.6 Å². The highest BCUT2D eigenvalue weighted by atomic mass is 16.6. The van der Waals surface area contributed by atoms with Crippen molar-refractivity contribution in [1.29, 1.82) is 0 Å². The number of H-pyrrole nitrogens is 1. The fourth-order valence-electron chi connectivity index (χ4n) is 4.33. The molecule has 3 aromatic rings. The van der Waals surface area contributed by atoms with Crippen molar-refractivity contribution < 1.29 is 19.4 Å². The maximum Gasteiger partial charge on any atom is 0.353 e. The third kappa shape index (κ3) is 2.43. The molecule has 0 unspecified atom stereocenters. The molecule has 3 N–H and O–H groups in total. The number of benzene rings is 2. The van der Waals surface area contributed by atoms with Crippen molar-refractivity contribution >= 4 is 11.8 Å². The van der Waals surface area contributed by atoms with Gasteiger partial charge in [0.05, 0.1) is 24.4 Å². The molecule has 2 aliphatic heterocycles. The van der Waals surface area contributed by atoms with Crippen LogP contribution in [-0.4, -0.2) is 28.4 Å². The van der Waals surface area contributed by atoms with Gasteiger partial charge >= 0.3 is 5.97 Å². The van der Waals surface area contributed by atoms with Crippen LogP contribution in [0, 0.1) is 0 Å². The number of anilines is 1. The van der Waals surface area contributed by atoms with Crippen LogP contribution in [0.15, 0.2) is 42.5 Å². The summed E-state index contributed by atoms with van der Waals surface area (Å²) >= 11 is 0. The predicted octanol–water partition coefficient (Wildman–Crippen LogP) is 3.88. The number of aromatic nitrogens is 2. The average Bonchev–Trinajstić information content (AvgIpc) is 3.18. The second kappa shape index (κ2) is 6.27. The quantitative estimate of drug-likeness (QED) is 0.625. The minimum absolute atomic E-state index is 0.240. The number of fused-ring (bicyclic) bond motifs is 6. The number of carboxylic acid groups (broad SMARTS) is 1. The number of ether oxygens (including phenoxy) is 2. The van der Waals surface area contributed by atoms with E-state index in [1.54, 1.807) is 13.2 Å². The molecule has 2 aromatic carbocycles. The minimum atomic E-state index is -1.56. The summed E-state index contributed by atoms with van der Waals surface area (Å²) in [7, 11) is 1.55. The number of rotatable bonds is 4. The second-order valence-corrected chi connectivity index (χ2v) is 7.39. The van der Waals surface area contributed by atoms with E-state index in [4.69, 9.17) is 9.47 Å². The summed E-state index contributed by atoms with van der Waals surface area (Å²) in [5.41, 5.74) is 2.55. The third-order valence-electron chi connectivity index (χ3n) is 5.85. The molecule has 1 aromatic heterocycles. The fraction of sp³-hybridized carbons (Fsp3) is 0.273. The van der Waals surface area contributed by atoms with Gasteiger partial charge in [-0.05, 0) is 18.1 Å². The van der Waals surface area contributed by atoms with E-state index in [0.29, 0.717) is 28.6 Å². The number of hydrogen-bond acceptors (Lipinski definition) is 5. The van der Waals surface area contributed by atoms with Crippen LogP contribution in [0.5, 0.6) is 11.5 Å². The van der Waals surface area contributed by atoms with Crippen LogP contribution in [-0.2, 0) is 16.8 Å². The van der Waals surface area contributed by atoms with Crippen LogP contribution >= 0.6 is 0 Å². The van der Waals surface area contributed by atoms with E-state index >= 15 is 0 Å². The molecule has 3 heterocycles. The number of nitrogens with zero attached hydrogens (tertiary/aromatic N) is 1. The number of methoxy groups -OCH3 is 1. The summed E-state index contributed by atoms with van der Waals surface area (Å²) in [6, 6.07) is 13.4. The van der Waals surface area contributed by atoms with Crippen LogP contribution in [0.25, 0.3) is 11.3 Å². The van der Waals surface area contributed by atoms with Crippen molar-refractivity contribution in [1.82, 2.24) is 10.2 Å². The van der Waals surface area contributed by atoms with Gasteiger partial charge in [-0.15, -0.1) is 0 Å². The number of nitrogens with one attached hydrogen (secondary N) is 2. The highest BCUT2D eigenvalue weighted by Crippen LogP contribution is 2.55. The fourth-order valence-corrected chi connectivity index (χ4v) is 4.33. The average molecular weight is 391 g/mol. The highest BCUT2D eigenvalue weighted by Gasteiger charge is 2.56. The van der Waals surface area contributed by atoms with Crippen LogP contribution in [0.4, 0.5) is 5.82 Å². The highest BCUT2D eigenvalue weighted by molar-refractivity contribution is 5.89. The molecule has 7 heteroatoms. The van der Waals surface area contributed by atoms with E-state index in [-0.39, 0.29) is 12.5 Å². The number of carbonyl (C=O) groups is 1. The minimum Gasteiger partial charge on any atom is -0.493 e. The van der Waals surface area contributed by atoms with E-state index in [1.165, 1.54) is 5.56 Å². The molecule has 5 rings (SSSR count). The molecular weight excluding hydrogens is 370 g/mol. The zero-order valence-corrected chi connectivity index (χ0v) is 16.2. The Kier molecular flexibility index (Phi) is 3.81. The molecule has 0 fully saturated rings. The first-order valence-corrected chi connectivity index (χ1v) is 9.61. The summed E-state index contributed by atoms with van der Waals surface area (Å²) < 4.78 is 11.7. The van der Waals surface area contributed by atoms with Gasteiger partial charge in [0.25, 0.3) is 0 Å². The Morgan fingerprint density at radius 3 is 2.79 bits per heavy atom. The second-order valence-electron chi connectivity index (χ2n) is 7.39. The normalized spacial score (nSPS) is 21.4. The Morgan fingerprint density at radius 2 is 2.10 bits per heavy atom. The van der Waals surface area contributed by atoms with Gasteiger partial charge in [-0.25, -0.2) is 4.79 Å². The van der Waals surface area contributed by atoms with Gasteiger partial charge < -0.3 is 19.9 Å².